The molecule has 0 aromatic heterocycles. The van der Waals surface area contributed by atoms with Gasteiger partial charge in [0.25, 0.3) is 0 Å². The highest BCUT2D eigenvalue weighted by atomic mass is 16.5. The van der Waals surface area contributed by atoms with E-state index >= 15 is 0 Å². The van der Waals surface area contributed by atoms with Gasteiger partial charge in [-0.1, -0.05) is 0 Å². The predicted octanol–water partition coefficient (Wildman–Crippen LogP) is 2.60. The number of nitrogens with one attached hydrogen (secondary N) is 4. The van der Waals surface area contributed by atoms with Gasteiger partial charge in [0.15, 0.2) is 0 Å². The van der Waals surface area contributed by atoms with E-state index in [0.29, 0.717) is 36.1 Å². The van der Waals surface area contributed by atoms with Gasteiger partial charge in [-0.05, 0) is 62.4 Å². The molecule has 0 saturated heterocycles. The van der Waals surface area contributed by atoms with Crippen LogP contribution in [0.4, 0.5) is 11.4 Å². The van der Waals surface area contributed by atoms with E-state index in [1.54, 1.807) is 62.8 Å². The fraction of sp³-hybridized carbons (Fsp3) is 0.417. The zero-order valence-corrected chi connectivity index (χ0v) is 19.6. The molecule has 9 nitrogen and oxygen atoms in total. The molecule has 0 spiro atoms. The number of carbonyl (C=O) groups is 2. The Hall–Kier alpha value is -2.98. The Morgan fingerprint density at radius 3 is 1.39 bits per heavy atom. The van der Waals surface area contributed by atoms with Crippen LogP contribution in [0.3, 0.4) is 0 Å². The van der Waals surface area contributed by atoms with Gasteiger partial charge < -0.3 is 35.5 Å². The second-order valence-electron chi connectivity index (χ2n) is 7.72. The molecular weight excluding hydrogens is 424 g/mol. The number of benzene rings is 2. The van der Waals surface area contributed by atoms with Crippen LogP contribution in [-0.4, -0.2) is 64.4 Å². The molecule has 0 heterocycles. The van der Waals surface area contributed by atoms with Crippen molar-refractivity contribution in [2.45, 2.75) is 25.9 Å². The molecule has 0 aliphatic carbocycles. The van der Waals surface area contributed by atoms with Crippen molar-refractivity contribution in [1.29, 1.82) is 0 Å². The highest BCUT2D eigenvalue weighted by Crippen LogP contribution is 2.24. The molecule has 2 aromatic carbocycles. The molecule has 0 aliphatic heterocycles. The van der Waals surface area contributed by atoms with Crippen LogP contribution in [0, 0.1) is 0 Å². The van der Waals surface area contributed by atoms with Crippen molar-refractivity contribution in [2.24, 2.45) is 0 Å². The molecule has 2 amide bonds. The van der Waals surface area contributed by atoms with Gasteiger partial charge in [-0.15, -0.1) is 0 Å². The number of hydrogen-bond acceptors (Lipinski definition) is 7. The third-order valence-electron chi connectivity index (χ3n) is 4.57. The van der Waals surface area contributed by atoms with Crippen molar-refractivity contribution in [2.75, 3.05) is 51.2 Å². The topological polar surface area (TPSA) is 110 Å². The molecule has 2 rings (SSSR count). The molecule has 0 aliphatic rings. The number of amides is 2. The number of rotatable bonds is 14. The van der Waals surface area contributed by atoms with Crippen molar-refractivity contribution in [3.05, 3.63) is 48.5 Å². The van der Waals surface area contributed by atoms with E-state index < -0.39 is 0 Å². The molecular formula is C24H34N4O5. The molecule has 0 bridgehead atoms. The summed E-state index contributed by atoms with van der Waals surface area (Å²) in [5, 5.41) is 11.8. The Kier molecular flexibility index (Phi) is 11.3. The van der Waals surface area contributed by atoms with Crippen LogP contribution in [-0.2, 0) is 19.1 Å². The normalized spacial score (nSPS) is 12.6. The number of hydrogen-bond donors (Lipinski definition) is 4. The highest BCUT2D eigenvalue weighted by molar-refractivity contribution is 5.92. The first-order chi connectivity index (χ1) is 15.9. The molecule has 180 valence electrons. The Bertz CT molecular complexity index is 787. The molecule has 0 saturated carbocycles. The zero-order chi connectivity index (χ0) is 24.1. The third kappa shape index (κ3) is 10.5. The number of carbonyl (C=O) groups excluding carboxylic acids is 2. The SMILES string of the molecule is COC[C@H](C)NCC(=O)Nc1ccc(Oc2ccc(NC(=O)CN[C@@H](C)COC)cc2)cc1. The Balaban J connectivity index is 1.78. The van der Waals surface area contributed by atoms with Gasteiger partial charge in [-0.2, -0.15) is 0 Å². The van der Waals surface area contributed by atoms with Crippen LogP contribution in [0.15, 0.2) is 48.5 Å². The molecule has 4 N–H and O–H groups in total. The maximum atomic E-state index is 12.0. The predicted molar refractivity (Wildman–Crippen MR) is 129 cm³/mol. The minimum absolute atomic E-state index is 0.0949. The lowest BCUT2D eigenvalue weighted by atomic mass is 10.2. The Labute approximate surface area is 195 Å². The van der Waals surface area contributed by atoms with Crippen molar-refractivity contribution in [3.63, 3.8) is 0 Å². The van der Waals surface area contributed by atoms with Crippen LogP contribution in [0.5, 0.6) is 11.5 Å². The number of anilines is 2. The smallest absolute Gasteiger partial charge is 0.238 e. The first-order valence-corrected chi connectivity index (χ1v) is 10.8. The van der Waals surface area contributed by atoms with E-state index in [1.165, 1.54) is 0 Å². The molecule has 33 heavy (non-hydrogen) atoms. The summed E-state index contributed by atoms with van der Waals surface area (Å²) in [4.78, 5) is 24.0. The lowest BCUT2D eigenvalue weighted by molar-refractivity contribution is -0.116. The van der Waals surface area contributed by atoms with E-state index in [4.69, 9.17) is 14.2 Å². The molecule has 9 heteroatoms. The minimum atomic E-state index is -0.132. The van der Waals surface area contributed by atoms with Crippen LogP contribution in [0.1, 0.15) is 13.8 Å². The quantitative estimate of drug-likeness (QED) is 0.344. The summed E-state index contributed by atoms with van der Waals surface area (Å²) >= 11 is 0. The number of ether oxygens (including phenoxy) is 3. The average Bonchev–Trinajstić information content (AvgIpc) is 2.79. The second-order valence-corrected chi connectivity index (χ2v) is 7.72. The largest absolute Gasteiger partial charge is 0.457 e. The first-order valence-electron chi connectivity index (χ1n) is 10.8. The monoisotopic (exact) mass is 458 g/mol. The van der Waals surface area contributed by atoms with Gasteiger partial charge in [0.05, 0.1) is 26.3 Å². The molecule has 2 atom stereocenters. The highest BCUT2D eigenvalue weighted by Gasteiger charge is 2.08. The summed E-state index contributed by atoms with van der Waals surface area (Å²) in [6, 6.07) is 14.4. The fourth-order valence-electron chi connectivity index (χ4n) is 2.91. The fourth-order valence-corrected chi connectivity index (χ4v) is 2.91. The maximum absolute atomic E-state index is 12.0. The van der Waals surface area contributed by atoms with Crippen molar-refractivity contribution in [3.8, 4) is 11.5 Å². The Morgan fingerprint density at radius 2 is 1.06 bits per heavy atom. The van der Waals surface area contributed by atoms with E-state index in [9.17, 15) is 9.59 Å². The van der Waals surface area contributed by atoms with Crippen LogP contribution < -0.4 is 26.0 Å². The standard InChI is InChI=1S/C24H34N4O5/c1-17(15-31-3)25-13-23(29)27-19-5-9-21(10-6-19)33-22-11-7-20(8-12-22)28-24(30)14-26-18(2)16-32-4/h5-12,17-18,25-26H,13-16H2,1-4H3,(H,27,29)(H,28,30)/t17-,18-/m0/s1. The van der Waals surface area contributed by atoms with Gasteiger partial charge in [-0.3, -0.25) is 9.59 Å². The number of methoxy groups -OCH3 is 2. The minimum Gasteiger partial charge on any atom is -0.457 e. The van der Waals surface area contributed by atoms with Crippen molar-refractivity contribution < 1.29 is 23.8 Å². The third-order valence-corrected chi connectivity index (χ3v) is 4.57. The summed E-state index contributed by atoms with van der Waals surface area (Å²) in [5.41, 5.74) is 1.36. The van der Waals surface area contributed by atoms with Crippen LogP contribution >= 0.6 is 0 Å². The van der Waals surface area contributed by atoms with Crippen LogP contribution in [0.2, 0.25) is 0 Å². The summed E-state index contributed by atoms with van der Waals surface area (Å²) in [5.74, 6) is 1.00. The lowest BCUT2D eigenvalue weighted by Gasteiger charge is -2.13. The van der Waals surface area contributed by atoms with Crippen molar-refractivity contribution in [1.82, 2.24) is 10.6 Å². The lowest BCUT2D eigenvalue weighted by Crippen LogP contribution is -2.36. The van der Waals surface area contributed by atoms with Gasteiger partial charge >= 0.3 is 0 Å². The molecule has 0 radical (unpaired) electrons. The molecule has 0 unspecified atom stereocenters. The van der Waals surface area contributed by atoms with E-state index in [2.05, 4.69) is 21.3 Å². The van der Waals surface area contributed by atoms with E-state index in [1.807, 2.05) is 13.8 Å². The van der Waals surface area contributed by atoms with Gasteiger partial charge in [0.1, 0.15) is 11.5 Å². The Morgan fingerprint density at radius 1 is 0.697 bits per heavy atom. The van der Waals surface area contributed by atoms with Gasteiger partial charge in [0, 0.05) is 37.7 Å². The van der Waals surface area contributed by atoms with Crippen LogP contribution in [0.25, 0.3) is 0 Å². The summed E-state index contributed by atoms with van der Waals surface area (Å²) < 4.78 is 15.9. The van der Waals surface area contributed by atoms with E-state index in [0.717, 1.165) is 0 Å². The van der Waals surface area contributed by atoms with Crippen molar-refractivity contribution >= 4 is 23.2 Å². The second kappa shape index (κ2) is 14.2. The maximum Gasteiger partial charge on any atom is 0.238 e. The molecule has 2 aromatic rings. The summed E-state index contributed by atoms with van der Waals surface area (Å²) in [6.07, 6.45) is 0. The molecule has 0 fully saturated rings. The zero-order valence-electron chi connectivity index (χ0n) is 19.6. The first kappa shape index (κ1) is 26.3. The van der Waals surface area contributed by atoms with Gasteiger partial charge in [-0.25, -0.2) is 0 Å². The summed E-state index contributed by atoms with van der Waals surface area (Å²) in [7, 11) is 3.25. The summed E-state index contributed by atoms with van der Waals surface area (Å²) in [6.45, 7) is 5.38. The average molecular weight is 459 g/mol. The van der Waals surface area contributed by atoms with E-state index in [-0.39, 0.29) is 37.0 Å². The van der Waals surface area contributed by atoms with Gasteiger partial charge in [0.2, 0.25) is 11.8 Å².